The molecule has 0 aliphatic heterocycles. The van der Waals surface area contributed by atoms with E-state index < -0.39 is 9.84 Å². The predicted molar refractivity (Wildman–Crippen MR) is 79.6 cm³/mol. The summed E-state index contributed by atoms with van der Waals surface area (Å²) in [5.74, 6) is 6.62. The molecule has 0 saturated carbocycles. The Balaban J connectivity index is 2.63. The fourth-order valence-electron chi connectivity index (χ4n) is 1.53. The van der Waals surface area contributed by atoms with E-state index in [4.69, 9.17) is 9.84 Å². The molecule has 0 spiro atoms. The topological polar surface area (TPSA) is 63.6 Å². The van der Waals surface area contributed by atoms with E-state index >= 15 is 0 Å². The summed E-state index contributed by atoms with van der Waals surface area (Å²) in [6.07, 6.45) is 0.451. The van der Waals surface area contributed by atoms with Crippen LogP contribution in [0, 0.1) is 18.8 Å². The Kier molecular flexibility index (Phi) is 6.56. The minimum atomic E-state index is -3.00. The van der Waals surface area contributed by atoms with E-state index in [1.54, 1.807) is 13.0 Å². The van der Waals surface area contributed by atoms with Gasteiger partial charge in [0.25, 0.3) is 0 Å². The summed E-state index contributed by atoms with van der Waals surface area (Å²) in [6.45, 7) is 3.73. The predicted octanol–water partition coefficient (Wildman–Crippen LogP) is 1.54. The van der Waals surface area contributed by atoms with E-state index in [1.807, 2.05) is 19.1 Å². The summed E-state index contributed by atoms with van der Waals surface area (Å²) in [5, 5.41) is 8.65. The lowest BCUT2D eigenvalue weighted by Crippen LogP contribution is -2.15. The molecule has 0 aliphatic rings. The van der Waals surface area contributed by atoms with Crippen LogP contribution in [0.25, 0.3) is 0 Å². The third-order valence-electron chi connectivity index (χ3n) is 2.74. The Morgan fingerprint density at radius 1 is 1.35 bits per heavy atom. The minimum absolute atomic E-state index is 0.0288. The summed E-state index contributed by atoms with van der Waals surface area (Å²) >= 11 is 0. The summed E-state index contributed by atoms with van der Waals surface area (Å²) in [5.41, 5.74) is 1.76. The lowest BCUT2D eigenvalue weighted by molar-refractivity contribution is 0.305. The Labute approximate surface area is 120 Å². The van der Waals surface area contributed by atoms with Gasteiger partial charge in [0, 0.05) is 17.7 Å². The monoisotopic (exact) mass is 296 g/mol. The fraction of sp³-hybridized carbons (Fsp3) is 0.467. The maximum Gasteiger partial charge on any atom is 0.153 e. The van der Waals surface area contributed by atoms with Gasteiger partial charge in [0.15, 0.2) is 9.84 Å². The van der Waals surface area contributed by atoms with Gasteiger partial charge < -0.3 is 9.84 Å². The second-order valence-corrected chi connectivity index (χ2v) is 6.81. The minimum Gasteiger partial charge on any atom is -0.492 e. The highest BCUT2D eigenvalue weighted by Gasteiger charge is 2.08. The van der Waals surface area contributed by atoms with Gasteiger partial charge in [0.1, 0.15) is 12.4 Å². The molecule has 0 aromatic heterocycles. The highest BCUT2D eigenvalue weighted by atomic mass is 32.2. The number of aliphatic hydroxyl groups excluding tert-OH is 1. The first-order valence-electron chi connectivity index (χ1n) is 6.52. The number of aryl methyl sites for hydroxylation is 1. The molecule has 0 unspecified atom stereocenters. The van der Waals surface area contributed by atoms with Crippen molar-refractivity contribution in [2.75, 3.05) is 24.7 Å². The second-order valence-electron chi connectivity index (χ2n) is 4.34. The quantitative estimate of drug-likeness (QED) is 0.809. The molecule has 0 bridgehead atoms. The smallest absolute Gasteiger partial charge is 0.153 e. The molecule has 0 atom stereocenters. The fourth-order valence-corrected chi connectivity index (χ4v) is 2.16. The van der Waals surface area contributed by atoms with Crippen LogP contribution < -0.4 is 4.74 Å². The number of rotatable bonds is 6. The van der Waals surface area contributed by atoms with E-state index in [2.05, 4.69) is 11.8 Å². The van der Waals surface area contributed by atoms with Crippen LogP contribution in [-0.4, -0.2) is 38.2 Å². The standard InChI is InChI=1S/C15H20O4S/c1-3-20(17,18)11-10-19-15-8-7-14(12-13(15)2)6-4-5-9-16/h7-8,12,16H,3,5,9-11H2,1-2H3. The van der Waals surface area contributed by atoms with Crippen molar-refractivity contribution in [1.82, 2.24) is 0 Å². The number of aliphatic hydroxyl groups is 1. The Morgan fingerprint density at radius 3 is 2.70 bits per heavy atom. The van der Waals surface area contributed by atoms with Gasteiger partial charge in [-0.3, -0.25) is 0 Å². The normalized spacial score (nSPS) is 10.8. The van der Waals surface area contributed by atoms with Crippen LogP contribution in [0.5, 0.6) is 5.75 Å². The molecule has 1 rings (SSSR count). The van der Waals surface area contributed by atoms with Crippen LogP contribution in [0.3, 0.4) is 0 Å². The van der Waals surface area contributed by atoms with E-state index in [0.717, 1.165) is 11.1 Å². The zero-order chi connectivity index (χ0) is 15.0. The van der Waals surface area contributed by atoms with Gasteiger partial charge in [-0.25, -0.2) is 8.42 Å². The van der Waals surface area contributed by atoms with Gasteiger partial charge in [0.05, 0.1) is 12.4 Å². The molecule has 0 aliphatic carbocycles. The first-order valence-corrected chi connectivity index (χ1v) is 8.34. The number of hydrogen-bond acceptors (Lipinski definition) is 4. The Hall–Kier alpha value is -1.51. The third kappa shape index (κ3) is 5.64. The molecular formula is C15H20O4S. The zero-order valence-electron chi connectivity index (χ0n) is 11.8. The maximum atomic E-state index is 11.4. The van der Waals surface area contributed by atoms with Crippen molar-refractivity contribution < 1.29 is 18.3 Å². The van der Waals surface area contributed by atoms with Crippen molar-refractivity contribution in [2.45, 2.75) is 20.3 Å². The SMILES string of the molecule is CCS(=O)(=O)CCOc1ccc(C#CCCO)cc1C. The second kappa shape index (κ2) is 7.93. The molecule has 4 nitrogen and oxygen atoms in total. The largest absolute Gasteiger partial charge is 0.492 e. The average molecular weight is 296 g/mol. The highest BCUT2D eigenvalue weighted by molar-refractivity contribution is 7.91. The van der Waals surface area contributed by atoms with Crippen molar-refractivity contribution in [2.24, 2.45) is 0 Å². The molecular weight excluding hydrogens is 276 g/mol. The number of ether oxygens (including phenoxy) is 1. The van der Waals surface area contributed by atoms with Crippen LogP contribution in [0.15, 0.2) is 18.2 Å². The van der Waals surface area contributed by atoms with Gasteiger partial charge in [-0.2, -0.15) is 0 Å². The van der Waals surface area contributed by atoms with Crippen LogP contribution in [0.4, 0.5) is 0 Å². The molecule has 0 fully saturated rings. The van der Waals surface area contributed by atoms with Gasteiger partial charge >= 0.3 is 0 Å². The van der Waals surface area contributed by atoms with Gasteiger partial charge in [-0.1, -0.05) is 18.8 Å². The van der Waals surface area contributed by atoms with Crippen LogP contribution in [-0.2, 0) is 9.84 Å². The molecule has 1 N–H and O–H groups in total. The van der Waals surface area contributed by atoms with Gasteiger partial charge in [0.2, 0.25) is 0 Å². The van der Waals surface area contributed by atoms with Gasteiger partial charge in [-0.15, -0.1) is 0 Å². The molecule has 110 valence electrons. The Morgan fingerprint density at radius 2 is 2.10 bits per heavy atom. The molecule has 20 heavy (non-hydrogen) atoms. The van der Waals surface area contributed by atoms with E-state index in [9.17, 15) is 8.42 Å². The van der Waals surface area contributed by atoms with E-state index in [-0.39, 0.29) is 24.7 Å². The first-order chi connectivity index (χ1) is 9.48. The zero-order valence-corrected chi connectivity index (χ0v) is 12.7. The molecule has 0 saturated heterocycles. The molecule has 0 amide bonds. The van der Waals surface area contributed by atoms with Crippen molar-refractivity contribution >= 4 is 9.84 Å². The average Bonchev–Trinajstić information content (AvgIpc) is 2.41. The summed E-state index contributed by atoms with van der Waals surface area (Å²) < 4.78 is 28.2. The van der Waals surface area contributed by atoms with E-state index in [1.165, 1.54) is 0 Å². The Bertz CT molecular complexity index is 594. The number of sulfone groups is 1. The summed E-state index contributed by atoms with van der Waals surface area (Å²) in [4.78, 5) is 0. The first kappa shape index (κ1) is 16.5. The molecule has 5 heteroatoms. The summed E-state index contributed by atoms with van der Waals surface area (Å²) in [6, 6.07) is 5.49. The van der Waals surface area contributed by atoms with Crippen LogP contribution >= 0.6 is 0 Å². The molecule has 0 heterocycles. The molecule has 1 aromatic rings. The van der Waals surface area contributed by atoms with Gasteiger partial charge in [-0.05, 0) is 30.7 Å². The molecule has 0 radical (unpaired) electrons. The third-order valence-corrected chi connectivity index (χ3v) is 4.40. The molecule has 1 aromatic carbocycles. The van der Waals surface area contributed by atoms with Crippen LogP contribution in [0.2, 0.25) is 0 Å². The van der Waals surface area contributed by atoms with Crippen molar-refractivity contribution in [3.8, 4) is 17.6 Å². The van der Waals surface area contributed by atoms with Crippen LogP contribution in [0.1, 0.15) is 24.5 Å². The summed E-state index contributed by atoms with van der Waals surface area (Å²) in [7, 11) is -3.00. The maximum absolute atomic E-state index is 11.4. The van der Waals surface area contributed by atoms with Crippen molar-refractivity contribution in [3.05, 3.63) is 29.3 Å². The number of hydrogen-bond donors (Lipinski definition) is 1. The highest BCUT2D eigenvalue weighted by Crippen LogP contribution is 2.18. The number of benzene rings is 1. The van der Waals surface area contributed by atoms with Crippen molar-refractivity contribution in [1.29, 1.82) is 0 Å². The van der Waals surface area contributed by atoms with Crippen molar-refractivity contribution in [3.63, 3.8) is 0 Å². The van der Waals surface area contributed by atoms with E-state index in [0.29, 0.717) is 12.2 Å². The lowest BCUT2D eigenvalue weighted by Gasteiger charge is -2.09. The lowest BCUT2D eigenvalue weighted by atomic mass is 10.1.